The van der Waals surface area contributed by atoms with Crippen LogP contribution in [-0.2, 0) is 14.8 Å². The Kier molecular flexibility index (Phi) is 6.71. The Morgan fingerprint density at radius 1 is 1.00 bits per heavy atom. The van der Waals surface area contributed by atoms with Gasteiger partial charge >= 0.3 is 0 Å². The van der Waals surface area contributed by atoms with Crippen molar-refractivity contribution < 1.29 is 13.2 Å². The lowest BCUT2D eigenvalue weighted by atomic mass is 10.1. The summed E-state index contributed by atoms with van der Waals surface area (Å²) >= 11 is 4.40. The Balaban J connectivity index is 1.53. The molecule has 1 aliphatic rings. The summed E-state index contributed by atoms with van der Waals surface area (Å²) in [6.45, 7) is 2.25. The second kappa shape index (κ2) is 9.47. The van der Waals surface area contributed by atoms with Crippen LogP contribution < -0.4 is 9.62 Å². The Hall–Kier alpha value is -2.27. The highest BCUT2D eigenvalue weighted by atomic mass is 79.9. The molecule has 1 fully saturated rings. The van der Waals surface area contributed by atoms with Gasteiger partial charge in [-0.1, -0.05) is 36.4 Å². The fraction of sp³-hybridized carbons (Fsp3) is 0.238. The Bertz CT molecular complexity index is 1130. The molecule has 1 atom stereocenters. The molecule has 0 aliphatic carbocycles. The smallest absolute Gasteiger partial charge is 0.251 e. The number of carbonyl (C=O) groups is 1. The van der Waals surface area contributed by atoms with Gasteiger partial charge in [0.2, 0.25) is 5.91 Å². The first-order valence-electron chi connectivity index (χ1n) is 9.71. The van der Waals surface area contributed by atoms with E-state index in [2.05, 4.69) is 30.5 Å². The zero-order valence-corrected chi connectivity index (χ0v) is 19.7. The minimum atomic E-state index is -3.85. The summed E-state index contributed by atoms with van der Waals surface area (Å²) in [5.74, 6) is 0.615. The fourth-order valence-electron chi connectivity index (χ4n) is 3.44. The number of piperazine rings is 1. The van der Waals surface area contributed by atoms with Gasteiger partial charge in [-0.05, 0) is 45.8 Å². The van der Waals surface area contributed by atoms with Crippen LogP contribution in [0.4, 0.5) is 5.82 Å². The molecular weight excluding hydrogens is 500 g/mol. The number of carbonyl (C=O) groups excluding carboxylic acids is 1. The average Bonchev–Trinajstić information content (AvgIpc) is 3.26. The van der Waals surface area contributed by atoms with Gasteiger partial charge in [0.05, 0.1) is 3.79 Å². The normalized spacial score (nSPS) is 15.6. The zero-order chi connectivity index (χ0) is 21.8. The Morgan fingerprint density at radius 2 is 1.71 bits per heavy atom. The maximum absolute atomic E-state index is 13.4. The second-order valence-electron chi connectivity index (χ2n) is 7.02. The number of benzene rings is 1. The molecule has 1 aliphatic heterocycles. The minimum absolute atomic E-state index is 0.160. The molecule has 1 saturated heterocycles. The van der Waals surface area contributed by atoms with Crippen LogP contribution in [0.3, 0.4) is 0 Å². The monoisotopic (exact) mass is 520 g/mol. The summed E-state index contributed by atoms with van der Waals surface area (Å²) in [6.07, 6.45) is 1.75. The number of thiophene rings is 1. The van der Waals surface area contributed by atoms with E-state index in [0.29, 0.717) is 35.5 Å². The van der Waals surface area contributed by atoms with Gasteiger partial charge in [0, 0.05) is 32.4 Å². The van der Waals surface area contributed by atoms with Gasteiger partial charge in [0.15, 0.2) is 0 Å². The summed E-state index contributed by atoms with van der Waals surface area (Å²) in [4.78, 5) is 21.6. The molecule has 1 amide bonds. The molecular formula is C21H21BrN4O3S2. The van der Waals surface area contributed by atoms with Crippen LogP contribution in [0.15, 0.2) is 74.9 Å². The van der Waals surface area contributed by atoms with Crippen molar-refractivity contribution in [1.29, 1.82) is 0 Å². The van der Waals surface area contributed by atoms with Crippen LogP contribution in [0.2, 0.25) is 0 Å². The average molecular weight is 521 g/mol. The van der Waals surface area contributed by atoms with Gasteiger partial charge in [-0.2, -0.15) is 4.72 Å². The van der Waals surface area contributed by atoms with E-state index < -0.39 is 16.1 Å². The molecule has 162 valence electrons. The lowest BCUT2D eigenvalue weighted by molar-refractivity contribution is -0.133. The molecule has 1 N–H and O–H groups in total. The number of rotatable bonds is 6. The largest absolute Gasteiger partial charge is 0.353 e. The van der Waals surface area contributed by atoms with Crippen molar-refractivity contribution in [3.63, 3.8) is 0 Å². The van der Waals surface area contributed by atoms with Crippen LogP contribution in [0, 0.1) is 0 Å². The van der Waals surface area contributed by atoms with Crippen molar-refractivity contribution in [1.82, 2.24) is 14.6 Å². The van der Waals surface area contributed by atoms with E-state index in [-0.39, 0.29) is 10.1 Å². The standard InChI is InChI=1S/C21H21BrN4O3S2/c22-17-9-10-19(30-17)31(28,29)24-20(16-6-2-1-3-7-16)21(27)26-14-12-25(13-15-26)18-8-4-5-11-23-18/h1-11,20,24H,12-15H2/t20-/m0/s1. The Morgan fingerprint density at radius 3 is 2.32 bits per heavy atom. The molecule has 1 aromatic carbocycles. The maximum Gasteiger partial charge on any atom is 0.251 e. The fourth-order valence-corrected chi connectivity index (χ4v) is 6.65. The van der Waals surface area contributed by atoms with Gasteiger partial charge in [-0.25, -0.2) is 13.4 Å². The summed E-state index contributed by atoms with van der Waals surface area (Å²) < 4.78 is 29.4. The highest BCUT2D eigenvalue weighted by Crippen LogP contribution is 2.28. The maximum atomic E-state index is 13.4. The summed E-state index contributed by atoms with van der Waals surface area (Å²) in [5, 5.41) is 0. The number of halogens is 1. The summed E-state index contributed by atoms with van der Waals surface area (Å²) in [5.41, 5.74) is 0.610. The molecule has 10 heteroatoms. The minimum Gasteiger partial charge on any atom is -0.353 e. The van der Waals surface area contributed by atoms with Gasteiger partial charge in [0.1, 0.15) is 16.1 Å². The predicted octanol–water partition coefficient (Wildman–Crippen LogP) is 3.27. The lowest BCUT2D eigenvalue weighted by Crippen LogP contribution is -2.52. The number of nitrogens with one attached hydrogen (secondary N) is 1. The molecule has 3 heterocycles. The topological polar surface area (TPSA) is 82.6 Å². The van der Waals surface area contributed by atoms with Crippen molar-refractivity contribution in [2.45, 2.75) is 10.3 Å². The number of nitrogens with zero attached hydrogens (tertiary/aromatic N) is 3. The van der Waals surface area contributed by atoms with Crippen LogP contribution in [0.5, 0.6) is 0 Å². The Labute approximate surface area is 193 Å². The van der Waals surface area contributed by atoms with Crippen LogP contribution in [0.25, 0.3) is 0 Å². The third-order valence-electron chi connectivity index (χ3n) is 5.03. The van der Waals surface area contributed by atoms with E-state index in [1.165, 1.54) is 6.07 Å². The van der Waals surface area contributed by atoms with Crippen molar-refractivity contribution in [2.75, 3.05) is 31.1 Å². The zero-order valence-electron chi connectivity index (χ0n) is 16.5. The van der Waals surface area contributed by atoms with E-state index >= 15 is 0 Å². The first-order chi connectivity index (χ1) is 14.9. The van der Waals surface area contributed by atoms with Crippen LogP contribution in [-0.4, -0.2) is 50.4 Å². The molecule has 0 radical (unpaired) electrons. The van der Waals surface area contributed by atoms with Crippen molar-refractivity contribution >= 4 is 49.0 Å². The number of hydrogen-bond acceptors (Lipinski definition) is 6. The molecule has 0 saturated carbocycles. The molecule has 0 spiro atoms. The number of pyridine rings is 1. The van der Waals surface area contributed by atoms with E-state index in [1.54, 1.807) is 41.4 Å². The van der Waals surface area contributed by atoms with E-state index in [1.807, 2.05) is 24.3 Å². The van der Waals surface area contributed by atoms with E-state index in [4.69, 9.17) is 0 Å². The number of anilines is 1. The molecule has 2 aromatic heterocycles. The second-order valence-corrected chi connectivity index (χ2v) is 11.4. The molecule has 31 heavy (non-hydrogen) atoms. The molecule has 0 bridgehead atoms. The van der Waals surface area contributed by atoms with E-state index in [0.717, 1.165) is 17.2 Å². The predicted molar refractivity (Wildman–Crippen MR) is 125 cm³/mol. The SMILES string of the molecule is O=C([C@@H](NS(=O)(=O)c1ccc(Br)s1)c1ccccc1)N1CCN(c2ccccn2)CC1. The number of aromatic nitrogens is 1. The van der Waals surface area contributed by atoms with Gasteiger partial charge in [-0.15, -0.1) is 11.3 Å². The van der Waals surface area contributed by atoms with Crippen LogP contribution in [0.1, 0.15) is 11.6 Å². The first-order valence-corrected chi connectivity index (χ1v) is 12.8. The van der Waals surface area contributed by atoms with Crippen molar-refractivity contribution in [3.05, 3.63) is 76.2 Å². The van der Waals surface area contributed by atoms with Crippen molar-refractivity contribution in [3.8, 4) is 0 Å². The third kappa shape index (κ3) is 5.15. The highest BCUT2D eigenvalue weighted by Gasteiger charge is 2.33. The molecule has 3 aromatic rings. The lowest BCUT2D eigenvalue weighted by Gasteiger charge is -2.37. The van der Waals surface area contributed by atoms with Crippen LogP contribution >= 0.6 is 27.3 Å². The molecule has 4 rings (SSSR count). The van der Waals surface area contributed by atoms with E-state index in [9.17, 15) is 13.2 Å². The number of amides is 1. The molecule has 0 unspecified atom stereocenters. The van der Waals surface area contributed by atoms with Gasteiger partial charge in [0.25, 0.3) is 10.0 Å². The quantitative estimate of drug-likeness (QED) is 0.539. The van der Waals surface area contributed by atoms with Gasteiger partial charge < -0.3 is 9.80 Å². The molecule has 7 nitrogen and oxygen atoms in total. The first kappa shape index (κ1) is 21.9. The number of hydrogen-bond donors (Lipinski definition) is 1. The highest BCUT2D eigenvalue weighted by molar-refractivity contribution is 9.11. The third-order valence-corrected chi connectivity index (χ3v) is 8.57. The summed E-state index contributed by atoms with van der Waals surface area (Å²) in [7, 11) is -3.85. The number of sulfonamides is 1. The summed E-state index contributed by atoms with van der Waals surface area (Å²) in [6, 6.07) is 16.9. The van der Waals surface area contributed by atoms with Crippen molar-refractivity contribution in [2.24, 2.45) is 0 Å². The van der Waals surface area contributed by atoms with Gasteiger partial charge in [-0.3, -0.25) is 4.79 Å².